The van der Waals surface area contributed by atoms with Gasteiger partial charge in [-0.1, -0.05) is 37.3 Å². The molecule has 5 heteroatoms. The molecule has 5 nitrogen and oxygen atoms in total. The van der Waals surface area contributed by atoms with Gasteiger partial charge >= 0.3 is 6.09 Å². The fourth-order valence-corrected chi connectivity index (χ4v) is 2.68. The molecule has 1 atom stereocenters. The zero-order valence-electron chi connectivity index (χ0n) is 13.8. The van der Waals surface area contributed by atoms with Gasteiger partial charge in [-0.2, -0.15) is 0 Å². The number of benzene rings is 1. The van der Waals surface area contributed by atoms with Crippen molar-refractivity contribution >= 4 is 12.0 Å². The Morgan fingerprint density at radius 1 is 1.35 bits per heavy atom. The summed E-state index contributed by atoms with van der Waals surface area (Å²) >= 11 is 0. The lowest BCUT2D eigenvalue weighted by molar-refractivity contribution is -0.121. The van der Waals surface area contributed by atoms with Gasteiger partial charge in [0, 0.05) is 19.5 Å². The van der Waals surface area contributed by atoms with Crippen LogP contribution in [0.25, 0.3) is 0 Å². The van der Waals surface area contributed by atoms with Crippen molar-refractivity contribution in [3.8, 4) is 0 Å². The van der Waals surface area contributed by atoms with Crippen molar-refractivity contribution in [3.63, 3.8) is 0 Å². The number of hydrogen-bond acceptors (Lipinski definition) is 3. The molecule has 126 valence electrons. The van der Waals surface area contributed by atoms with Gasteiger partial charge < -0.3 is 15.0 Å². The van der Waals surface area contributed by atoms with Crippen molar-refractivity contribution in [2.75, 3.05) is 26.2 Å². The van der Waals surface area contributed by atoms with Crippen LogP contribution in [0.2, 0.25) is 0 Å². The largest absolute Gasteiger partial charge is 0.448 e. The van der Waals surface area contributed by atoms with E-state index in [2.05, 4.69) is 24.4 Å². The molecule has 1 aromatic carbocycles. The first-order chi connectivity index (χ1) is 11.1. The lowest BCUT2D eigenvalue weighted by atomic mass is 9.98. The summed E-state index contributed by atoms with van der Waals surface area (Å²) < 4.78 is 4.86. The van der Waals surface area contributed by atoms with Crippen molar-refractivity contribution in [2.24, 2.45) is 5.92 Å². The van der Waals surface area contributed by atoms with E-state index in [1.54, 1.807) is 4.90 Å². The number of rotatable bonds is 9. The maximum Gasteiger partial charge on any atom is 0.409 e. The van der Waals surface area contributed by atoms with E-state index in [-0.39, 0.29) is 12.0 Å². The smallest absolute Gasteiger partial charge is 0.409 e. The van der Waals surface area contributed by atoms with Crippen LogP contribution in [0.1, 0.15) is 31.7 Å². The van der Waals surface area contributed by atoms with Gasteiger partial charge in [0.15, 0.2) is 0 Å². The maximum atomic E-state index is 11.9. The highest BCUT2D eigenvalue weighted by Crippen LogP contribution is 2.12. The molecule has 1 fully saturated rings. The highest BCUT2D eigenvalue weighted by atomic mass is 16.6. The Morgan fingerprint density at radius 3 is 2.83 bits per heavy atom. The molecule has 0 bridgehead atoms. The highest BCUT2D eigenvalue weighted by Gasteiger charge is 2.20. The molecule has 0 saturated carbocycles. The SMILES string of the molecule is CC(CCc1ccccc1)CC(=O)NCCCN1CCOC1=O. The summed E-state index contributed by atoms with van der Waals surface area (Å²) in [6.45, 7) is 4.49. The molecule has 23 heavy (non-hydrogen) atoms. The standard InChI is InChI=1S/C18H26N2O3/c1-15(8-9-16-6-3-2-4-7-16)14-17(21)19-10-5-11-20-12-13-23-18(20)22/h2-4,6-7,15H,5,8-14H2,1H3,(H,19,21). The third-order valence-electron chi connectivity index (χ3n) is 4.07. The number of hydrogen-bond donors (Lipinski definition) is 1. The molecule has 1 aliphatic rings. The van der Waals surface area contributed by atoms with Gasteiger partial charge in [0.05, 0.1) is 6.54 Å². The average Bonchev–Trinajstić information content (AvgIpc) is 2.96. The Hall–Kier alpha value is -2.04. The van der Waals surface area contributed by atoms with E-state index < -0.39 is 0 Å². The molecule has 2 amide bonds. The number of carbonyl (C=O) groups is 2. The lowest BCUT2D eigenvalue weighted by Crippen LogP contribution is -2.31. The lowest BCUT2D eigenvalue weighted by Gasteiger charge is -2.14. The van der Waals surface area contributed by atoms with Crippen molar-refractivity contribution < 1.29 is 14.3 Å². The van der Waals surface area contributed by atoms with Gasteiger partial charge in [-0.05, 0) is 30.7 Å². The quantitative estimate of drug-likeness (QED) is 0.712. The number of carbonyl (C=O) groups excluding carboxylic acids is 2. The second kappa shape index (κ2) is 9.18. The fraction of sp³-hybridized carbons (Fsp3) is 0.556. The van der Waals surface area contributed by atoms with Gasteiger partial charge in [-0.25, -0.2) is 4.79 Å². The molecule has 2 rings (SSSR count). The van der Waals surface area contributed by atoms with E-state index in [0.29, 0.717) is 38.6 Å². The van der Waals surface area contributed by atoms with Crippen LogP contribution in [0.5, 0.6) is 0 Å². The molecule has 1 heterocycles. The first-order valence-corrected chi connectivity index (χ1v) is 8.37. The first-order valence-electron chi connectivity index (χ1n) is 8.37. The van der Waals surface area contributed by atoms with Crippen LogP contribution in [-0.4, -0.2) is 43.1 Å². The Kier molecular flexibility index (Phi) is 6.91. The van der Waals surface area contributed by atoms with Crippen LogP contribution in [0.15, 0.2) is 30.3 Å². The minimum Gasteiger partial charge on any atom is -0.448 e. The molecule has 1 unspecified atom stereocenters. The summed E-state index contributed by atoms with van der Waals surface area (Å²) in [4.78, 5) is 24.8. The van der Waals surface area contributed by atoms with E-state index >= 15 is 0 Å². The van der Waals surface area contributed by atoms with Crippen LogP contribution < -0.4 is 5.32 Å². The van der Waals surface area contributed by atoms with Crippen molar-refractivity contribution in [2.45, 2.75) is 32.6 Å². The third-order valence-corrected chi connectivity index (χ3v) is 4.07. The molecule has 0 aromatic heterocycles. The number of cyclic esters (lactones) is 1. The third kappa shape index (κ3) is 6.30. The second-order valence-corrected chi connectivity index (χ2v) is 6.14. The summed E-state index contributed by atoms with van der Waals surface area (Å²) in [5, 5.41) is 2.93. The number of aryl methyl sites for hydroxylation is 1. The average molecular weight is 318 g/mol. The van der Waals surface area contributed by atoms with E-state index in [0.717, 1.165) is 19.3 Å². The topological polar surface area (TPSA) is 58.6 Å². The molecule has 1 aromatic rings. The normalized spacial score (nSPS) is 15.3. The Morgan fingerprint density at radius 2 is 2.13 bits per heavy atom. The molecule has 0 radical (unpaired) electrons. The molecular weight excluding hydrogens is 292 g/mol. The van der Waals surface area contributed by atoms with Crippen LogP contribution in [-0.2, 0) is 16.0 Å². The maximum absolute atomic E-state index is 11.9. The van der Waals surface area contributed by atoms with Gasteiger partial charge in [0.1, 0.15) is 6.61 Å². The zero-order valence-corrected chi connectivity index (χ0v) is 13.8. The summed E-state index contributed by atoms with van der Waals surface area (Å²) in [5.74, 6) is 0.457. The number of amides is 2. The van der Waals surface area contributed by atoms with Crippen molar-refractivity contribution in [1.29, 1.82) is 0 Å². The van der Waals surface area contributed by atoms with E-state index in [1.165, 1.54) is 5.56 Å². The molecular formula is C18H26N2O3. The summed E-state index contributed by atoms with van der Waals surface area (Å²) in [6.07, 6.45) is 3.09. The van der Waals surface area contributed by atoms with Gasteiger partial charge in [-0.3, -0.25) is 4.79 Å². The van der Waals surface area contributed by atoms with E-state index in [4.69, 9.17) is 4.74 Å². The fourth-order valence-electron chi connectivity index (χ4n) is 2.68. The number of nitrogens with one attached hydrogen (secondary N) is 1. The van der Waals surface area contributed by atoms with Gasteiger partial charge in [0.2, 0.25) is 5.91 Å². The van der Waals surface area contributed by atoms with E-state index in [1.807, 2.05) is 18.2 Å². The Bertz CT molecular complexity index is 504. The van der Waals surface area contributed by atoms with Gasteiger partial charge in [0.25, 0.3) is 0 Å². The summed E-state index contributed by atoms with van der Waals surface area (Å²) in [7, 11) is 0. The number of ether oxygens (including phenoxy) is 1. The van der Waals surface area contributed by atoms with E-state index in [9.17, 15) is 9.59 Å². The Balaban J connectivity index is 1.54. The molecule has 1 saturated heterocycles. The molecule has 1 aliphatic heterocycles. The van der Waals surface area contributed by atoms with Crippen molar-refractivity contribution in [1.82, 2.24) is 10.2 Å². The van der Waals surface area contributed by atoms with Crippen molar-refractivity contribution in [3.05, 3.63) is 35.9 Å². The first kappa shape index (κ1) is 17.3. The zero-order chi connectivity index (χ0) is 16.5. The highest BCUT2D eigenvalue weighted by molar-refractivity contribution is 5.76. The minimum atomic E-state index is -0.245. The summed E-state index contributed by atoms with van der Waals surface area (Å²) in [6, 6.07) is 10.3. The minimum absolute atomic E-state index is 0.0922. The molecule has 0 spiro atoms. The monoisotopic (exact) mass is 318 g/mol. The van der Waals surface area contributed by atoms with Crippen LogP contribution in [0, 0.1) is 5.92 Å². The molecule has 0 aliphatic carbocycles. The number of nitrogens with zero attached hydrogens (tertiary/aromatic N) is 1. The van der Waals surface area contributed by atoms with Crippen LogP contribution >= 0.6 is 0 Å². The van der Waals surface area contributed by atoms with Crippen LogP contribution in [0.3, 0.4) is 0 Å². The predicted molar refractivity (Wildman–Crippen MR) is 89.1 cm³/mol. The second-order valence-electron chi connectivity index (χ2n) is 6.14. The Labute approximate surface area is 138 Å². The van der Waals surface area contributed by atoms with Gasteiger partial charge in [-0.15, -0.1) is 0 Å². The van der Waals surface area contributed by atoms with Crippen LogP contribution in [0.4, 0.5) is 4.79 Å². The predicted octanol–water partition coefficient (Wildman–Crippen LogP) is 2.60. The summed E-state index contributed by atoms with van der Waals surface area (Å²) in [5.41, 5.74) is 1.32. The molecule has 1 N–H and O–H groups in total.